The van der Waals surface area contributed by atoms with Crippen molar-refractivity contribution in [3.05, 3.63) is 11.6 Å². The summed E-state index contributed by atoms with van der Waals surface area (Å²) in [7, 11) is 0. The average molecular weight is 278 g/mol. The Bertz CT molecular complexity index is 338. The van der Waals surface area contributed by atoms with Crippen molar-refractivity contribution in [2.24, 2.45) is 11.3 Å². The predicted octanol–water partition coefficient (Wildman–Crippen LogP) is 3.83. The highest BCUT2D eigenvalue weighted by Gasteiger charge is 2.34. The molecule has 1 N–H and O–H groups in total. The maximum absolute atomic E-state index is 3.79. The van der Waals surface area contributed by atoms with Crippen molar-refractivity contribution in [2.75, 3.05) is 19.6 Å². The molecule has 2 nitrogen and oxygen atoms in total. The molecule has 1 aliphatic heterocycles. The number of piperazine rings is 1. The van der Waals surface area contributed by atoms with Crippen molar-refractivity contribution in [1.29, 1.82) is 0 Å². The van der Waals surface area contributed by atoms with Gasteiger partial charge in [0, 0.05) is 31.7 Å². The fraction of sp³-hybridized carbons (Fsp3) is 0.889. The molecule has 0 saturated carbocycles. The molecule has 116 valence electrons. The highest BCUT2D eigenvalue weighted by molar-refractivity contribution is 5.08. The van der Waals surface area contributed by atoms with Gasteiger partial charge in [-0.3, -0.25) is 4.90 Å². The first kappa shape index (κ1) is 16.0. The summed E-state index contributed by atoms with van der Waals surface area (Å²) in [5, 5.41) is 3.79. The lowest BCUT2D eigenvalue weighted by molar-refractivity contribution is 0.0641. The fourth-order valence-corrected chi connectivity index (χ4v) is 3.57. The first-order valence-electron chi connectivity index (χ1n) is 8.53. The van der Waals surface area contributed by atoms with E-state index in [1.807, 2.05) is 0 Å². The molecule has 2 atom stereocenters. The van der Waals surface area contributed by atoms with Crippen LogP contribution in [0, 0.1) is 11.3 Å². The van der Waals surface area contributed by atoms with E-state index in [2.05, 4.69) is 50.9 Å². The van der Waals surface area contributed by atoms with Gasteiger partial charge in [0.25, 0.3) is 0 Å². The molecule has 2 aliphatic rings. The Balaban J connectivity index is 1.95. The van der Waals surface area contributed by atoms with E-state index in [1.165, 1.54) is 38.8 Å². The molecule has 0 aromatic carbocycles. The third kappa shape index (κ3) is 4.08. The molecule has 1 heterocycles. The monoisotopic (exact) mass is 278 g/mol. The van der Waals surface area contributed by atoms with Gasteiger partial charge in [-0.1, -0.05) is 46.3 Å². The molecule has 0 aromatic heterocycles. The lowest BCUT2D eigenvalue weighted by atomic mass is 9.83. The summed E-state index contributed by atoms with van der Waals surface area (Å²) in [5.74, 6) is 0.737. The van der Waals surface area contributed by atoms with E-state index in [-0.39, 0.29) is 0 Å². The van der Waals surface area contributed by atoms with E-state index >= 15 is 0 Å². The van der Waals surface area contributed by atoms with Crippen molar-refractivity contribution in [2.45, 2.75) is 72.4 Å². The first-order valence-corrected chi connectivity index (χ1v) is 8.53. The van der Waals surface area contributed by atoms with Crippen LogP contribution in [0.4, 0.5) is 0 Å². The van der Waals surface area contributed by atoms with E-state index < -0.39 is 0 Å². The molecular weight excluding hydrogens is 244 g/mol. The molecule has 2 rings (SSSR count). The standard InChI is InChI=1S/C18H34N2/c1-14(2)16-12-19-17(18(3,4)5)13-20(16)11-10-15-8-6-7-9-15/h8,14,16-17,19H,6-7,9-13H2,1-5H3. The van der Waals surface area contributed by atoms with E-state index in [9.17, 15) is 0 Å². The summed E-state index contributed by atoms with van der Waals surface area (Å²) < 4.78 is 0. The third-order valence-corrected chi connectivity index (χ3v) is 5.13. The van der Waals surface area contributed by atoms with Gasteiger partial charge in [0.1, 0.15) is 0 Å². The van der Waals surface area contributed by atoms with E-state index in [4.69, 9.17) is 0 Å². The van der Waals surface area contributed by atoms with Gasteiger partial charge in [0.15, 0.2) is 0 Å². The fourth-order valence-electron chi connectivity index (χ4n) is 3.57. The minimum absolute atomic E-state index is 0.354. The summed E-state index contributed by atoms with van der Waals surface area (Å²) in [5.41, 5.74) is 2.06. The normalized spacial score (nSPS) is 29.0. The molecule has 1 aliphatic carbocycles. The molecule has 0 bridgehead atoms. The Morgan fingerprint density at radius 2 is 2.10 bits per heavy atom. The molecule has 0 spiro atoms. The smallest absolute Gasteiger partial charge is 0.0244 e. The second-order valence-electron chi connectivity index (χ2n) is 8.14. The Hall–Kier alpha value is -0.340. The molecule has 0 radical (unpaired) electrons. The number of hydrogen-bond donors (Lipinski definition) is 1. The quantitative estimate of drug-likeness (QED) is 0.786. The molecule has 1 fully saturated rings. The Morgan fingerprint density at radius 1 is 1.35 bits per heavy atom. The second kappa shape index (κ2) is 6.62. The maximum Gasteiger partial charge on any atom is 0.0244 e. The average Bonchev–Trinajstić information content (AvgIpc) is 2.87. The second-order valence-corrected chi connectivity index (χ2v) is 8.14. The van der Waals surface area contributed by atoms with Crippen LogP contribution < -0.4 is 5.32 Å². The largest absolute Gasteiger partial charge is 0.311 e. The summed E-state index contributed by atoms with van der Waals surface area (Å²) in [4.78, 5) is 2.76. The number of nitrogens with zero attached hydrogens (tertiary/aromatic N) is 1. The predicted molar refractivity (Wildman–Crippen MR) is 88.0 cm³/mol. The van der Waals surface area contributed by atoms with Crippen LogP contribution in [0.2, 0.25) is 0 Å². The van der Waals surface area contributed by atoms with Gasteiger partial charge in [-0.05, 0) is 37.0 Å². The van der Waals surface area contributed by atoms with Gasteiger partial charge in [-0.15, -0.1) is 0 Å². The van der Waals surface area contributed by atoms with E-state index in [0.717, 1.165) is 12.5 Å². The summed E-state index contributed by atoms with van der Waals surface area (Å²) >= 11 is 0. The van der Waals surface area contributed by atoms with Gasteiger partial charge < -0.3 is 5.32 Å². The lowest BCUT2D eigenvalue weighted by Crippen LogP contribution is -2.61. The van der Waals surface area contributed by atoms with Crippen LogP contribution in [0.25, 0.3) is 0 Å². The Morgan fingerprint density at radius 3 is 2.65 bits per heavy atom. The topological polar surface area (TPSA) is 15.3 Å². The van der Waals surface area contributed by atoms with Crippen molar-refractivity contribution in [3.63, 3.8) is 0 Å². The summed E-state index contributed by atoms with van der Waals surface area (Å²) in [6, 6.07) is 1.32. The molecule has 2 unspecified atom stereocenters. The number of rotatable bonds is 4. The lowest BCUT2D eigenvalue weighted by Gasteiger charge is -2.46. The van der Waals surface area contributed by atoms with Gasteiger partial charge >= 0.3 is 0 Å². The van der Waals surface area contributed by atoms with Crippen LogP contribution in [-0.2, 0) is 0 Å². The van der Waals surface area contributed by atoms with Crippen LogP contribution in [-0.4, -0.2) is 36.6 Å². The van der Waals surface area contributed by atoms with Crippen molar-refractivity contribution < 1.29 is 0 Å². The van der Waals surface area contributed by atoms with Gasteiger partial charge in [-0.25, -0.2) is 0 Å². The van der Waals surface area contributed by atoms with Gasteiger partial charge in [0.2, 0.25) is 0 Å². The van der Waals surface area contributed by atoms with Crippen molar-refractivity contribution in [1.82, 2.24) is 10.2 Å². The minimum Gasteiger partial charge on any atom is -0.311 e. The molecule has 0 amide bonds. The zero-order valence-electron chi connectivity index (χ0n) is 14.2. The number of nitrogens with one attached hydrogen (secondary N) is 1. The highest BCUT2D eigenvalue weighted by atomic mass is 15.2. The van der Waals surface area contributed by atoms with Crippen LogP contribution in [0.1, 0.15) is 60.3 Å². The van der Waals surface area contributed by atoms with Gasteiger partial charge in [0.05, 0.1) is 0 Å². The molecule has 20 heavy (non-hydrogen) atoms. The molecule has 1 saturated heterocycles. The van der Waals surface area contributed by atoms with Crippen LogP contribution in [0.5, 0.6) is 0 Å². The first-order chi connectivity index (χ1) is 9.38. The Labute approximate surface area is 126 Å². The van der Waals surface area contributed by atoms with Crippen molar-refractivity contribution in [3.8, 4) is 0 Å². The minimum atomic E-state index is 0.354. The summed E-state index contributed by atoms with van der Waals surface area (Å²) in [6.07, 6.45) is 7.82. The van der Waals surface area contributed by atoms with Crippen LogP contribution >= 0.6 is 0 Å². The molecule has 0 aromatic rings. The maximum atomic E-state index is 3.79. The van der Waals surface area contributed by atoms with E-state index in [1.54, 1.807) is 5.57 Å². The molecule has 2 heteroatoms. The third-order valence-electron chi connectivity index (χ3n) is 5.13. The number of hydrogen-bond acceptors (Lipinski definition) is 2. The number of allylic oxidation sites excluding steroid dienone is 1. The summed E-state index contributed by atoms with van der Waals surface area (Å²) in [6.45, 7) is 15.4. The van der Waals surface area contributed by atoms with Gasteiger partial charge in [-0.2, -0.15) is 0 Å². The highest BCUT2D eigenvalue weighted by Crippen LogP contribution is 2.27. The van der Waals surface area contributed by atoms with Crippen molar-refractivity contribution >= 4 is 0 Å². The van der Waals surface area contributed by atoms with Crippen LogP contribution in [0.15, 0.2) is 11.6 Å². The SMILES string of the molecule is CC(C)C1CNC(C(C)(C)C)CN1CCC1=CCCC1. The van der Waals surface area contributed by atoms with Crippen LogP contribution in [0.3, 0.4) is 0 Å². The van der Waals surface area contributed by atoms with E-state index in [0.29, 0.717) is 17.5 Å². The molecular formula is C18H34N2. The zero-order valence-corrected chi connectivity index (χ0v) is 14.2. The zero-order chi connectivity index (χ0) is 14.8. The Kier molecular flexibility index (Phi) is 5.30.